The van der Waals surface area contributed by atoms with E-state index < -0.39 is 0 Å². The van der Waals surface area contributed by atoms with Gasteiger partial charge in [-0.1, -0.05) is 26.0 Å². The van der Waals surface area contributed by atoms with E-state index in [1.807, 2.05) is 29.6 Å². The van der Waals surface area contributed by atoms with E-state index in [1.54, 1.807) is 0 Å². The molecule has 2 amide bonds. The van der Waals surface area contributed by atoms with Crippen molar-refractivity contribution in [1.29, 1.82) is 0 Å². The van der Waals surface area contributed by atoms with Gasteiger partial charge in [0.15, 0.2) is 5.13 Å². The Morgan fingerprint density at radius 2 is 1.87 bits per heavy atom. The summed E-state index contributed by atoms with van der Waals surface area (Å²) in [4.78, 5) is 27.3. The van der Waals surface area contributed by atoms with E-state index in [4.69, 9.17) is 0 Å². The Bertz CT molecular complexity index is 677. The van der Waals surface area contributed by atoms with E-state index in [0.717, 1.165) is 23.4 Å². The third kappa shape index (κ3) is 5.49. The minimum Gasteiger partial charge on any atom is -0.326 e. The molecule has 0 radical (unpaired) electrons. The van der Waals surface area contributed by atoms with Crippen LogP contribution >= 0.6 is 11.3 Å². The average molecular weight is 331 g/mol. The maximum Gasteiger partial charge on any atom is 0.226 e. The van der Waals surface area contributed by atoms with Gasteiger partial charge < -0.3 is 10.6 Å². The number of thiazole rings is 1. The molecule has 122 valence electrons. The Balaban J connectivity index is 1.98. The number of anilines is 2. The van der Waals surface area contributed by atoms with E-state index in [0.29, 0.717) is 17.5 Å². The second kappa shape index (κ2) is 7.87. The second-order valence-electron chi connectivity index (χ2n) is 5.78. The highest BCUT2D eigenvalue weighted by Gasteiger charge is 2.09. The summed E-state index contributed by atoms with van der Waals surface area (Å²) in [6.07, 6.45) is 1.38. The predicted octanol–water partition coefficient (Wildman–Crippen LogP) is 4.14. The van der Waals surface area contributed by atoms with Gasteiger partial charge in [-0.25, -0.2) is 4.98 Å². The SMILES string of the molecule is CC(=O)Nc1ccc(-c2csc(NC(=O)CCC(C)C)n2)cc1. The molecule has 2 aromatic rings. The highest BCUT2D eigenvalue weighted by Crippen LogP contribution is 2.26. The first-order valence-electron chi connectivity index (χ1n) is 7.57. The summed E-state index contributed by atoms with van der Waals surface area (Å²) in [5, 5.41) is 8.08. The maximum absolute atomic E-state index is 11.8. The highest BCUT2D eigenvalue weighted by molar-refractivity contribution is 7.14. The van der Waals surface area contributed by atoms with Crippen molar-refractivity contribution in [2.24, 2.45) is 5.92 Å². The fourth-order valence-electron chi connectivity index (χ4n) is 1.99. The van der Waals surface area contributed by atoms with E-state index in [9.17, 15) is 9.59 Å². The molecule has 1 heterocycles. The van der Waals surface area contributed by atoms with Crippen molar-refractivity contribution in [3.05, 3.63) is 29.6 Å². The number of hydrogen-bond donors (Lipinski definition) is 2. The summed E-state index contributed by atoms with van der Waals surface area (Å²) >= 11 is 1.41. The second-order valence-corrected chi connectivity index (χ2v) is 6.64. The summed E-state index contributed by atoms with van der Waals surface area (Å²) in [6, 6.07) is 7.45. The molecule has 0 bridgehead atoms. The van der Waals surface area contributed by atoms with Crippen LogP contribution in [0, 0.1) is 5.92 Å². The lowest BCUT2D eigenvalue weighted by molar-refractivity contribution is -0.116. The molecular weight excluding hydrogens is 310 g/mol. The van der Waals surface area contributed by atoms with Crippen LogP contribution in [0.15, 0.2) is 29.6 Å². The van der Waals surface area contributed by atoms with Crippen LogP contribution in [0.25, 0.3) is 11.3 Å². The molecular formula is C17H21N3O2S. The lowest BCUT2D eigenvalue weighted by Crippen LogP contribution is -2.11. The van der Waals surface area contributed by atoms with Crippen LogP contribution in [-0.4, -0.2) is 16.8 Å². The van der Waals surface area contributed by atoms with E-state index >= 15 is 0 Å². The summed E-state index contributed by atoms with van der Waals surface area (Å²) in [5.41, 5.74) is 2.50. The van der Waals surface area contributed by atoms with Gasteiger partial charge in [0.1, 0.15) is 0 Å². The lowest BCUT2D eigenvalue weighted by atomic mass is 10.1. The molecule has 0 aliphatic carbocycles. The number of nitrogens with zero attached hydrogens (tertiary/aromatic N) is 1. The van der Waals surface area contributed by atoms with Gasteiger partial charge in [-0.2, -0.15) is 0 Å². The fourth-order valence-corrected chi connectivity index (χ4v) is 2.73. The van der Waals surface area contributed by atoms with Gasteiger partial charge in [-0.15, -0.1) is 11.3 Å². The number of carbonyl (C=O) groups excluding carboxylic acids is 2. The molecule has 0 saturated carbocycles. The average Bonchev–Trinajstić information content (AvgIpc) is 2.94. The number of amides is 2. The number of aromatic nitrogens is 1. The van der Waals surface area contributed by atoms with Crippen LogP contribution in [0.4, 0.5) is 10.8 Å². The number of carbonyl (C=O) groups is 2. The summed E-state index contributed by atoms with van der Waals surface area (Å²) in [6.45, 7) is 5.67. The molecule has 0 atom stereocenters. The van der Waals surface area contributed by atoms with Gasteiger partial charge >= 0.3 is 0 Å². The summed E-state index contributed by atoms with van der Waals surface area (Å²) in [5.74, 6) is 0.410. The van der Waals surface area contributed by atoms with Crippen LogP contribution < -0.4 is 10.6 Å². The molecule has 0 aliphatic heterocycles. The molecule has 1 aromatic heterocycles. The Labute approximate surface area is 140 Å². The molecule has 0 unspecified atom stereocenters. The van der Waals surface area contributed by atoms with Gasteiger partial charge in [0.25, 0.3) is 0 Å². The number of rotatable bonds is 6. The largest absolute Gasteiger partial charge is 0.326 e. The number of hydrogen-bond acceptors (Lipinski definition) is 4. The molecule has 2 rings (SSSR count). The van der Waals surface area contributed by atoms with Gasteiger partial charge in [-0.05, 0) is 24.5 Å². The van der Waals surface area contributed by atoms with E-state index in [-0.39, 0.29) is 11.8 Å². The quantitative estimate of drug-likeness (QED) is 0.835. The molecule has 6 heteroatoms. The van der Waals surface area contributed by atoms with Crippen molar-refractivity contribution in [2.75, 3.05) is 10.6 Å². The Kier molecular flexibility index (Phi) is 5.87. The molecule has 0 saturated heterocycles. The summed E-state index contributed by atoms with van der Waals surface area (Å²) in [7, 11) is 0. The normalized spacial score (nSPS) is 10.6. The third-order valence-corrected chi connectivity index (χ3v) is 3.96. The third-order valence-electron chi connectivity index (χ3n) is 3.20. The maximum atomic E-state index is 11.8. The van der Waals surface area contributed by atoms with E-state index in [2.05, 4.69) is 29.5 Å². The summed E-state index contributed by atoms with van der Waals surface area (Å²) < 4.78 is 0. The zero-order valence-corrected chi connectivity index (χ0v) is 14.4. The van der Waals surface area contributed by atoms with Crippen LogP contribution in [0.1, 0.15) is 33.6 Å². The van der Waals surface area contributed by atoms with Gasteiger partial charge in [0, 0.05) is 30.0 Å². The number of nitrogens with one attached hydrogen (secondary N) is 2. The van der Waals surface area contributed by atoms with Crippen molar-refractivity contribution in [2.45, 2.75) is 33.6 Å². The van der Waals surface area contributed by atoms with Crippen LogP contribution in [-0.2, 0) is 9.59 Å². The van der Waals surface area contributed by atoms with Gasteiger partial charge in [-0.3, -0.25) is 9.59 Å². The van der Waals surface area contributed by atoms with Crippen molar-refractivity contribution in [3.63, 3.8) is 0 Å². The van der Waals surface area contributed by atoms with Crippen LogP contribution in [0.3, 0.4) is 0 Å². The Morgan fingerprint density at radius 3 is 2.48 bits per heavy atom. The molecule has 0 spiro atoms. The molecule has 1 aromatic carbocycles. The number of benzene rings is 1. The smallest absolute Gasteiger partial charge is 0.226 e. The zero-order valence-electron chi connectivity index (χ0n) is 13.6. The molecule has 5 nitrogen and oxygen atoms in total. The van der Waals surface area contributed by atoms with Gasteiger partial charge in [0.05, 0.1) is 5.69 Å². The Morgan fingerprint density at radius 1 is 1.17 bits per heavy atom. The molecule has 23 heavy (non-hydrogen) atoms. The first kappa shape index (κ1) is 17.1. The van der Waals surface area contributed by atoms with E-state index in [1.165, 1.54) is 18.3 Å². The Hall–Kier alpha value is -2.21. The minimum atomic E-state index is -0.0993. The molecule has 0 aliphatic rings. The zero-order chi connectivity index (χ0) is 16.8. The predicted molar refractivity (Wildman–Crippen MR) is 94.6 cm³/mol. The standard InChI is InChI=1S/C17H21N3O2S/c1-11(2)4-9-16(22)20-17-19-15(10-23-17)13-5-7-14(8-6-13)18-12(3)21/h5-8,10-11H,4,9H2,1-3H3,(H,18,21)(H,19,20,22). The van der Waals surface area contributed by atoms with Crippen molar-refractivity contribution >= 4 is 34.0 Å². The van der Waals surface area contributed by atoms with Crippen molar-refractivity contribution in [1.82, 2.24) is 4.98 Å². The van der Waals surface area contributed by atoms with Crippen LogP contribution in [0.5, 0.6) is 0 Å². The first-order chi connectivity index (χ1) is 10.9. The van der Waals surface area contributed by atoms with Crippen LogP contribution in [0.2, 0.25) is 0 Å². The first-order valence-corrected chi connectivity index (χ1v) is 8.45. The molecule has 0 fully saturated rings. The minimum absolute atomic E-state index is 0.000561. The van der Waals surface area contributed by atoms with Crippen molar-refractivity contribution < 1.29 is 9.59 Å². The fraction of sp³-hybridized carbons (Fsp3) is 0.353. The molecule has 2 N–H and O–H groups in total. The lowest BCUT2D eigenvalue weighted by Gasteiger charge is -2.04. The van der Waals surface area contributed by atoms with Gasteiger partial charge in [0.2, 0.25) is 11.8 Å². The topological polar surface area (TPSA) is 71.1 Å². The monoisotopic (exact) mass is 331 g/mol. The van der Waals surface area contributed by atoms with Crippen molar-refractivity contribution in [3.8, 4) is 11.3 Å². The highest BCUT2D eigenvalue weighted by atomic mass is 32.1.